The zero-order valence-corrected chi connectivity index (χ0v) is 15.8. The molecule has 0 aliphatic rings. The molecular weight excluding hydrogens is 344 g/mol. The van der Waals surface area contributed by atoms with Crippen LogP contribution in [0.15, 0.2) is 36.4 Å². The molecule has 3 rings (SSSR count). The summed E-state index contributed by atoms with van der Waals surface area (Å²) in [5, 5.41) is 4.17. The standard InChI is InChI=1S/C20H24N4O3/c1-25-8-4-7-22-18-6-5-13-11-17(19(21)24-20(13)23-18)14-9-15(26-2)12-16(10-14)27-3/h5-6,9-12H,4,7-8H2,1-3H3,(H3,21,22,23,24). The molecule has 0 amide bonds. The minimum Gasteiger partial charge on any atom is -0.497 e. The zero-order valence-electron chi connectivity index (χ0n) is 15.8. The number of nitrogens with one attached hydrogen (secondary N) is 1. The highest BCUT2D eigenvalue weighted by atomic mass is 16.5. The number of aromatic nitrogens is 2. The summed E-state index contributed by atoms with van der Waals surface area (Å²) < 4.78 is 15.7. The van der Waals surface area contributed by atoms with Crippen LogP contribution in [0.3, 0.4) is 0 Å². The van der Waals surface area contributed by atoms with Crippen molar-refractivity contribution >= 4 is 22.7 Å². The van der Waals surface area contributed by atoms with Crippen LogP contribution in [0.5, 0.6) is 11.5 Å². The smallest absolute Gasteiger partial charge is 0.163 e. The molecule has 27 heavy (non-hydrogen) atoms. The summed E-state index contributed by atoms with van der Waals surface area (Å²) in [7, 11) is 4.92. The molecule has 0 spiro atoms. The monoisotopic (exact) mass is 368 g/mol. The molecule has 2 aromatic heterocycles. The lowest BCUT2D eigenvalue weighted by molar-refractivity contribution is 0.198. The van der Waals surface area contributed by atoms with Gasteiger partial charge in [0.1, 0.15) is 23.1 Å². The molecule has 0 bridgehead atoms. The van der Waals surface area contributed by atoms with Crippen molar-refractivity contribution in [3.8, 4) is 22.6 Å². The summed E-state index contributed by atoms with van der Waals surface area (Å²) >= 11 is 0. The highest BCUT2D eigenvalue weighted by Crippen LogP contribution is 2.33. The van der Waals surface area contributed by atoms with E-state index < -0.39 is 0 Å². The van der Waals surface area contributed by atoms with E-state index in [9.17, 15) is 0 Å². The van der Waals surface area contributed by atoms with E-state index in [1.54, 1.807) is 21.3 Å². The van der Waals surface area contributed by atoms with Gasteiger partial charge in [-0.15, -0.1) is 0 Å². The van der Waals surface area contributed by atoms with Gasteiger partial charge in [-0.1, -0.05) is 0 Å². The van der Waals surface area contributed by atoms with Crippen molar-refractivity contribution in [3.63, 3.8) is 0 Å². The van der Waals surface area contributed by atoms with Crippen molar-refractivity contribution in [1.29, 1.82) is 0 Å². The van der Waals surface area contributed by atoms with Crippen LogP contribution in [0.4, 0.5) is 11.6 Å². The van der Waals surface area contributed by atoms with E-state index in [1.165, 1.54) is 0 Å². The number of rotatable bonds is 8. The Morgan fingerprint density at radius 2 is 1.70 bits per heavy atom. The van der Waals surface area contributed by atoms with Crippen molar-refractivity contribution in [2.75, 3.05) is 45.5 Å². The number of nitrogen functional groups attached to an aromatic ring is 1. The van der Waals surface area contributed by atoms with Crippen LogP contribution in [0, 0.1) is 0 Å². The number of hydrogen-bond donors (Lipinski definition) is 2. The van der Waals surface area contributed by atoms with Gasteiger partial charge < -0.3 is 25.3 Å². The van der Waals surface area contributed by atoms with Gasteiger partial charge in [0, 0.05) is 37.3 Å². The molecule has 0 saturated carbocycles. The summed E-state index contributed by atoms with van der Waals surface area (Å²) in [5.74, 6) is 2.55. The lowest BCUT2D eigenvalue weighted by Crippen LogP contribution is -2.06. The number of ether oxygens (including phenoxy) is 3. The topological polar surface area (TPSA) is 91.5 Å². The van der Waals surface area contributed by atoms with Gasteiger partial charge in [-0.25, -0.2) is 9.97 Å². The van der Waals surface area contributed by atoms with Crippen LogP contribution >= 0.6 is 0 Å². The van der Waals surface area contributed by atoms with Gasteiger partial charge >= 0.3 is 0 Å². The Balaban J connectivity index is 1.93. The number of nitrogens with zero attached hydrogens (tertiary/aromatic N) is 2. The SMILES string of the molecule is COCCCNc1ccc2cc(-c3cc(OC)cc(OC)c3)c(N)nc2n1. The van der Waals surface area contributed by atoms with Crippen LogP contribution in [0.2, 0.25) is 0 Å². The Morgan fingerprint density at radius 1 is 0.963 bits per heavy atom. The van der Waals surface area contributed by atoms with Gasteiger partial charge in [0.25, 0.3) is 0 Å². The van der Waals surface area contributed by atoms with E-state index in [0.29, 0.717) is 29.6 Å². The van der Waals surface area contributed by atoms with Gasteiger partial charge in [0.15, 0.2) is 5.65 Å². The van der Waals surface area contributed by atoms with Crippen molar-refractivity contribution in [2.24, 2.45) is 0 Å². The zero-order chi connectivity index (χ0) is 19.2. The number of pyridine rings is 2. The summed E-state index contributed by atoms with van der Waals surface area (Å²) in [6.07, 6.45) is 0.905. The summed E-state index contributed by atoms with van der Waals surface area (Å²) in [4.78, 5) is 9.03. The Bertz CT molecular complexity index is 908. The van der Waals surface area contributed by atoms with Crippen molar-refractivity contribution in [3.05, 3.63) is 36.4 Å². The fraction of sp³-hybridized carbons (Fsp3) is 0.300. The first-order chi connectivity index (χ1) is 13.1. The average Bonchev–Trinajstić information content (AvgIpc) is 2.70. The summed E-state index contributed by atoms with van der Waals surface area (Å²) in [6.45, 7) is 1.49. The minimum atomic E-state index is 0.404. The average molecular weight is 368 g/mol. The second-order valence-electron chi connectivity index (χ2n) is 6.04. The third kappa shape index (κ3) is 4.38. The predicted octanol–water partition coefficient (Wildman–Crippen LogP) is 3.34. The molecular formula is C20H24N4O3. The van der Waals surface area contributed by atoms with E-state index in [2.05, 4.69) is 15.3 Å². The molecule has 0 aliphatic carbocycles. The number of fused-ring (bicyclic) bond motifs is 1. The first-order valence-corrected chi connectivity index (χ1v) is 8.68. The third-order valence-electron chi connectivity index (χ3n) is 4.20. The Labute approximate surface area is 158 Å². The second-order valence-corrected chi connectivity index (χ2v) is 6.04. The summed E-state index contributed by atoms with van der Waals surface area (Å²) in [5.41, 5.74) is 8.50. The van der Waals surface area contributed by atoms with Crippen molar-refractivity contribution in [2.45, 2.75) is 6.42 Å². The number of nitrogens with two attached hydrogens (primary N) is 1. The van der Waals surface area contributed by atoms with Crippen molar-refractivity contribution < 1.29 is 14.2 Å². The van der Waals surface area contributed by atoms with E-state index >= 15 is 0 Å². The van der Waals surface area contributed by atoms with Crippen LogP contribution < -0.4 is 20.5 Å². The molecule has 1 aromatic carbocycles. The molecule has 0 saturated heterocycles. The van der Waals surface area contributed by atoms with Gasteiger partial charge in [0.05, 0.1) is 14.2 Å². The van der Waals surface area contributed by atoms with Crippen LogP contribution in [0.25, 0.3) is 22.2 Å². The molecule has 0 atom stereocenters. The molecule has 0 unspecified atom stereocenters. The van der Waals surface area contributed by atoms with Gasteiger partial charge in [-0.3, -0.25) is 0 Å². The molecule has 7 heteroatoms. The molecule has 3 N–H and O–H groups in total. The Hall–Kier alpha value is -3.06. The highest BCUT2D eigenvalue weighted by molar-refractivity contribution is 5.88. The van der Waals surface area contributed by atoms with Gasteiger partial charge in [-0.05, 0) is 42.3 Å². The maximum absolute atomic E-state index is 6.22. The lowest BCUT2D eigenvalue weighted by atomic mass is 10.0. The molecule has 0 fully saturated rings. The number of methoxy groups -OCH3 is 3. The summed E-state index contributed by atoms with van der Waals surface area (Å²) in [6, 6.07) is 11.5. The fourth-order valence-electron chi connectivity index (χ4n) is 2.79. The molecule has 3 aromatic rings. The number of hydrogen-bond acceptors (Lipinski definition) is 7. The van der Waals surface area contributed by atoms with E-state index in [-0.39, 0.29) is 0 Å². The predicted molar refractivity (Wildman–Crippen MR) is 107 cm³/mol. The highest BCUT2D eigenvalue weighted by Gasteiger charge is 2.11. The van der Waals surface area contributed by atoms with Gasteiger partial charge in [-0.2, -0.15) is 0 Å². The number of anilines is 2. The van der Waals surface area contributed by atoms with E-state index in [4.69, 9.17) is 19.9 Å². The molecule has 0 aliphatic heterocycles. The second kappa shape index (κ2) is 8.55. The first kappa shape index (κ1) is 18.7. The number of benzene rings is 1. The molecule has 0 radical (unpaired) electrons. The Kier molecular flexibility index (Phi) is 5.93. The fourth-order valence-corrected chi connectivity index (χ4v) is 2.79. The van der Waals surface area contributed by atoms with Gasteiger partial charge in [0.2, 0.25) is 0 Å². The van der Waals surface area contributed by atoms with E-state index in [0.717, 1.165) is 35.3 Å². The van der Waals surface area contributed by atoms with Crippen LogP contribution in [0.1, 0.15) is 6.42 Å². The molecule has 7 nitrogen and oxygen atoms in total. The maximum atomic E-state index is 6.22. The first-order valence-electron chi connectivity index (χ1n) is 8.68. The van der Waals surface area contributed by atoms with Crippen LogP contribution in [-0.4, -0.2) is 44.4 Å². The van der Waals surface area contributed by atoms with Crippen LogP contribution in [-0.2, 0) is 4.74 Å². The van der Waals surface area contributed by atoms with E-state index in [1.807, 2.05) is 36.4 Å². The normalized spacial score (nSPS) is 10.8. The quantitative estimate of drug-likeness (QED) is 0.589. The maximum Gasteiger partial charge on any atom is 0.163 e. The Morgan fingerprint density at radius 3 is 2.37 bits per heavy atom. The largest absolute Gasteiger partial charge is 0.497 e. The third-order valence-corrected chi connectivity index (χ3v) is 4.20. The molecule has 2 heterocycles. The molecule has 142 valence electrons. The van der Waals surface area contributed by atoms with Crippen molar-refractivity contribution in [1.82, 2.24) is 9.97 Å². The minimum absolute atomic E-state index is 0.404. The lowest BCUT2D eigenvalue weighted by Gasteiger charge is -2.12.